The lowest BCUT2D eigenvalue weighted by Crippen LogP contribution is -2.45. The van der Waals surface area contributed by atoms with E-state index >= 15 is 0 Å². The van der Waals surface area contributed by atoms with Crippen LogP contribution in [0.25, 0.3) is 0 Å². The van der Waals surface area contributed by atoms with E-state index in [0.29, 0.717) is 19.4 Å². The van der Waals surface area contributed by atoms with Crippen LogP contribution in [0.5, 0.6) is 0 Å². The average Bonchev–Trinajstić information content (AvgIpc) is 3.47. The first-order chi connectivity index (χ1) is 40.0. The number of amides is 1. The van der Waals surface area contributed by atoms with Crippen LogP contribution in [0.4, 0.5) is 0 Å². The summed E-state index contributed by atoms with van der Waals surface area (Å²) >= 11 is 0. The van der Waals surface area contributed by atoms with E-state index in [1.165, 1.54) is 334 Å². The number of carbonyl (C=O) groups is 2. The summed E-state index contributed by atoms with van der Waals surface area (Å²) in [4.78, 5) is 24.6. The molecule has 0 aliphatic carbocycles. The van der Waals surface area contributed by atoms with Crippen LogP contribution in [0.1, 0.15) is 406 Å². The lowest BCUT2D eigenvalue weighted by atomic mass is 10.0. The third kappa shape index (κ3) is 67.1. The fourth-order valence-electron chi connectivity index (χ4n) is 11.6. The van der Waals surface area contributed by atoms with Gasteiger partial charge >= 0.3 is 5.97 Å². The van der Waals surface area contributed by atoms with Gasteiger partial charge in [0.1, 0.15) is 0 Å². The molecule has 0 spiro atoms. The molecule has 2 atom stereocenters. The second-order valence-electron chi connectivity index (χ2n) is 25.3. The summed E-state index contributed by atoms with van der Waals surface area (Å²) in [6.07, 6.45) is 91.0. The number of esters is 1. The zero-order chi connectivity index (χ0) is 58.5. The molecule has 6 heteroatoms. The topological polar surface area (TPSA) is 95.9 Å². The maximum atomic E-state index is 12.5. The van der Waals surface area contributed by atoms with Gasteiger partial charge in [-0.1, -0.05) is 365 Å². The molecule has 0 saturated heterocycles. The van der Waals surface area contributed by atoms with Gasteiger partial charge in [0.25, 0.3) is 0 Å². The van der Waals surface area contributed by atoms with Crippen LogP contribution in [-0.4, -0.2) is 47.4 Å². The lowest BCUT2D eigenvalue weighted by molar-refractivity contribution is -0.143. The molecule has 0 saturated carbocycles. The molecule has 0 aromatic rings. The van der Waals surface area contributed by atoms with Crippen molar-refractivity contribution in [3.63, 3.8) is 0 Å². The Balaban J connectivity index is 3.37. The van der Waals surface area contributed by atoms with Crippen molar-refractivity contribution in [3.05, 3.63) is 36.5 Å². The third-order valence-corrected chi connectivity index (χ3v) is 17.2. The molecule has 81 heavy (non-hydrogen) atoms. The minimum Gasteiger partial charge on any atom is -0.466 e. The highest BCUT2D eigenvalue weighted by Crippen LogP contribution is 2.19. The number of unbranched alkanes of at least 4 members (excludes halogenated alkanes) is 54. The molecule has 2 unspecified atom stereocenters. The molecule has 478 valence electrons. The summed E-state index contributed by atoms with van der Waals surface area (Å²) < 4.78 is 5.50. The molecule has 0 bridgehead atoms. The maximum Gasteiger partial charge on any atom is 0.305 e. The smallest absolute Gasteiger partial charge is 0.305 e. The largest absolute Gasteiger partial charge is 0.466 e. The van der Waals surface area contributed by atoms with Crippen molar-refractivity contribution in [2.45, 2.75) is 418 Å². The van der Waals surface area contributed by atoms with Crippen LogP contribution in [-0.2, 0) is 14.3 Å². The number of ether oxygens (including phenoxy) is 1. The second kappa shape index (κ2) is 70.6. The molecule has 0 aromatic heterocycles. The molecule has 0 fully saturated rings. The Morgan fingerprint density at radius 3 is 0.938 bits per heavy atom. The fraction of sp³-hybridized carbons (Fsp3) is 0.893. The van der Waals surface area contributed by atoms with Crippen molar-refractivity contribution in [3.8, 4) is 0 Å². The fourth-order valence-corrected chi connectivity index (χ4v) is 11.6. The van der Waals surface area contributed by atoms with E-state index in [9.17, 15) is 19.8 Å². The summed E-state index contributed by atoms with van der Waals surface area (Å²) in [5.74, 6) is -0.0459. The Kier molecular flexibility index (Phi) is 68.9. The number of hydrogen-bond donors (Lipinski definition) is 3. The summed E-state index contributed by atoms with van der Waals surface area (Å²) in [6, 6.07) is -0.626. The first-order valence-electron chi connectivity index (χ1n) is 36.8. The molecule has 0 heterocycles. The normalized spacial score (nSPS) is 12.7. The predicted octanol–water partition coefficient (Wildman–Crippen LogP) is 23.9. The highest BCUT2D eigenvalue weighted by molar-refractivity contribution is 5.76. The Hall–Kier alpha value is -1.92. The minimum absolute atomic E-state index is 0.0184. The van der Waals surface area contributed by atoms with Gasteiger partial charge < -0.3 is 20.3 Å². The van der Waals surface area contributed by atoms with E-state index in [2.05, 4.69) is 43.5 Å². The van der Waals surface area contributed by atoms with Gasteiger partial charge in [-0.3, -0.25) is 9.59 Å². The van der Waals surface area contributed by atoms with E-state index < -0.39 is 12.1 Å². The van der Waals surface area contributed by atoms with Gasteiger partial charge in [-0.25, -0.2) is 0 Å². The van der Waals surface area contributed by atoms with E-state index in [-0.39, 0.29) is 18.5 Å². The number of nitrogens with one attached hydrogen (secondary N) is 1. The Morgan fingerprint density at radius 1 is 0.346 bits per heavy atom. The van der Waals surface area contributed by atoms with Crippen molar-refractivity contribution in [1.29, 1.82) is 0 Å². The first kappa shape index (κ1) is 79.1. The number of hydrogen-bond acceptors (Lipinski definition) is 5. The van der Waals surface area contributed by atoms with E-state index in [1.807, 2.05) is 6.08 Å². The molecule has 6 nitrogen and oxygen atoms in total. The predicted molar refractivity (Wildman–Crippen MR) is 356 cm³/mol. The molecular formula is C75H143NO5. The zero-order valence-corrected chi connectivity index (χ0v) is 54.8. The lowest BCUT2D eigenvalue weighted by Gasteiger charge is -2.20. The minimum atomic E-state index is -0.843. The quantitative estimate of drug-likeness (QED) is 0.0320. The Bertz CT molecular complexity index is 1310. The zero-order valence-electron chi connectivity index (χ0n) is 54.8. The Labute approximate surface area is 506 Å². The summed E-state index contributed by atoms with van der Waals surface area (Å²) in [5.41, 5.74) is 0. The summed E-state index contributed by atoms with van der Waals surface area (Å²) in [5, 5.41) is 23.1. The van der Waals surface area contributed by atoms with Crippen LogP contribution >= 0.6 is 0 Å². The highest BCUT2D eigenvalue weighted by atomic mass is 16.5. The monoisotopic (exact) mass is 1140 g/mol. The second-order valence-corrected chi connectivity index (χ2v) is 25.3. The standard InChI is InChI=1S/C75H143NO5/c1-3-5-7-9-11-13-15-17-19-37-41-45-49-53-57-61-65-69-75(80)81-70-66-62-58-54-50-46-42-39-36-34-32-30-28-26-24-22-20-21-23-25-27-29-31-33-35-38-40-44-48-52-56-60-64-68-74(79)76-72(71-77)73(78)67-63-59-55-51-47-43-18-16-14-12-10-8-6-4-2/h24,26,30,32,63,67,72-73,77-78H,3-23,25,27-29,31,33-62,64-66,68-71H2,1-2H3,(H,76,79)/b26-24-,32-30-,67-63+. The van der Waals surface area contributed by atoms with Gasteiger partial charge in [0.2, 0.25) is 5.91 Å². The van der Waals surface area contributed by atoms with Crippen LogP contribution < -0.4 is 5.32 Å². The molecule has 0 radical (unpaired) electrons. The molecular weight excluding hydrogens is 995 g/mol. The van der Waals surface area contributed by atoms with Crippen molar-refractivity contribution >= 4 is 11.9 Å². The number of allylic oxidation sites excluding steroid dienone is 5. The van der Waals surface area contributed by atoms with Gasteiger partial charge in [-0.2, -0.15) is 0 Å². The van der Waals surface area contributed by atoms with Crippen LogP contribution in [0.15, 0.2) is 36.5 Å². The molecule has 0 aliphatic rings. The summed E-state index contributed by atoms with van der Waals surface area (Å²) in [6.45, 7) is 4.94. The van der Waals surface area contributed by atoms with Gasteiger partial charge in [0.15, 0.2) is 0 Å². The summed E-state index contributed by atoms with van der Waals surface area (Å²) in [7, 11) is 0. The number of aliphatic hydroxyl groups excluding tert-OH is 2. The number of rotatable bonds is 69. The van der Waals surface area contributed by atoms with Gasteiger partial charge in [-0.05, 0) is 64.2 Å². The highest BCUT2D eigenvalue weighted by Gasteiger charge is 2.18. The SMILES string of the molecule is CCCCCCCCCCCCCC/C=C/C(O)C(CO)NC(=O)CCCCCCCCCCCCCCCCCCC/C=C\C/C=C\CCCCCCCCCCCOC(=O)CCCCCCCCCCCCCCCCCCC. The van der Waals surface area contributed by atoms with Crippen LogP contribution in [0.2, 0.25) is 0 Å². The van der Waals surface area contributed by atoms with E-state index in [1.54, 1.807) is 6.08 Å². The van der Waals surface area contributed by atoms with E-state index in [4.69, 9.17) is 4.74 Å². The average molecular weight is 1140 g/mol. The van der Waals surface area contributed by atoms with Crippen molar-refractivity contribution < 1.29 is 24.5 Å². The molecule has 1 amide bonds. The number of aliphatic hydroxyl groups is 2. The number of carbonyl (C=O) groups excluding carboxylic acids is 2. The third-order valence-electron chi connectivity index (χ3n) is 17.2. The van der Waals surface area contributed by atoms with Gasteiger partial charge in [-0.15, -0.1) is 0 Å². The van der Waals surface area contributed by atoms with Crippen LogP contribution in [0.3, 0.4) is 0 Å². The van der Waals surface area contributed by atoms with Crippen molar-refractivity contribution in [1.82, 2.24) is 5.32 Å². The molecule has 0 aromatic carbocycles. The van der Waals surface area contributed by atoms with Crippen molar-refractivity contribution in [2.75, 3.05) is 13.2 Å². The first-order valence-corrected chi connectivity index (χ1v) is 36.8. The van der Waals surface area contributed by atoms with Gasteiger partial charge in [0.05, 0.1) is 25.4 Å². The molecule has 0 aliphatic heterocycles. The van der Waals surface area contributed by atoms with Crippen molar-refractivity contribution in [2.24, 2.45) is 0 Å². The van der Waals surface area contributed by atoms with E-state index in [0.717, 1.165) is 44.9 Å². The van der Waals surface area contributed by atoms with Gasteiger partial charge in [0, 0.05) is 12.8 Å². The molecule has 0 rings (SSSR count). The molecule has 3 N–H and O–H groups in total. The Morgan fingerprint density at radius 2 is 0.617 bits per heavy atom. The van der Waals surface area contributed by atoms with Crippen LogP contribution in [0, 0.1) is 0 Å². The maximum absolute atomic E-state index is 12.5.